The van der Waals surface area contributed by atoms with E-state index in [1.54, 1.807) is 11.8 Å². The Balaban J connectivity index is 1.69. The quantitative estimate of drug-likeness (QED) is 0.392. The molecule has 0 N–H and O–H groups in total. The minimum absolute atomic E-state index is 0.128. The Morgan fingerprint density at radius 2 is 1.69 bits per heavy atom. The predicted octanol–water partition coefficient (Wildman–Crippen LogP) is 6.68. The Kier molecular flexibility index (Phi) is 6.91. The first-order valence-electron chi connectivity index (χ1n) is 9.85. The van der Waals surface area contributed by atoms with Crippen LogP contribution in [0, 0.1) is 0 Å². The molecule has 1 atom stereocenters. The average Bonchev–Trinajstić information content (AvgIpc) is 3.10. The van der Waals surface area contributed by atoms with Gasteiger partial charge in [-0.05, 0) is 54.7 Å². The number of hydrogen-bond acceptors (Lipinski definition) is 4. The van der Waals surface area contributed by atoms with E-state index in [2.05, 4.69) is 54.6 Å². The SMILES string of the molecule is CCn1c(SCc2ccc(Cl)cc2)nnc1C(C)Oc1ccc(C(C)(C)C)cc1. The van der Waals surface area contributed by atoms with Gasteiger partial charge in [-0.25, -0.2) is 0 Å². The molecule has 0 amide bonds. The van der Waals surface area contributed by atoms with E-state index in [9.17, 15) is 0 Å². The summed E-state index contributed by atoms with van der Waals surface area (Å²) in [6.45, 7) is 11.5. The zero-order chi connectivity index (χ0) is 21.0. The highest BCUT2D eigenvalue weighted by molar-refractivity contribution is 7.98. The van der Waals surface area contributed by atoms with Gasteiger partial charge in [-0.2, -0.15) is 0 Å². The normalized spacial score (nSPS) is 12.8. The number of aromatic nitrogens is 3. The van der Waals surface area contributed by atoms with Crippen molar-refractivity contribution >= 4 is 23.4 Å². The van der Waals surface area contributed by atoms with Crippen LogP contribution in [-0.4, -0.2) is 14.8 Å². The molecule has 1 aromatic heterocycles. The molecular weight excluding hydrogens is 402 g/mol. The highest BCUT2D eigenvalue weighted by Crippen LogP contribution is 2.29. The van der Waals surface area contributed by atoms with Crippen LogP contribution < -0.4 is 4.74 Å². The third-order valence-electron chi connectivity index (χ3n) is 4.74. The molecule has 0 radical (unpaired) electrons. The topological polar surface area (TPSA) is 39.9 Å². The molecule has 3 aromatic rings. The minimum Gasteiger partial charge on any atom is -0.483 e. The summed E-state index contributed by atoms with van der Waals surface area (Å²) in [6, 6.07) is 16.2. The third-order valence-corrected chi connectivity index (χ3v) is 6.03. The van der Waals surface area contributed by atoms with Crippen LogP contribution in [0.5, 0.6) is 5.75 Å². The van der Waals surface area contributed by atoms with Gasteiger partial charge in [0, 0.05) is 17.3 Å². The molecule has 1 unspecified atom stereocenters. The molecule has 2 aromatic carbocycles. The van der Waals surface area contributed by atoms with Gasteiger partial charge in [-0.1, -0.05) is 68.4 Å². The zero-order valence-electron chi connectivity index (χ0n) is 17.6. The van der Waals surface area contributed by atoms with Crippen LogP contribution in [0.15, 0.2) is 53.7 Å². The highest BCUT2D eigenvalue weighted by atomic mass is 35.5. The molecule has 0 saturated heterocycles. The summed E-state index contributed by atoms with van der Waals surface area (Å²) in [4.78, 5) is 0. The van der Waals surface area contributed by atoms with Gasteiger partial charge in [0.15, 0.2) is 17.1 Å². The summed E-state index contributed by atoms with van der Waals surface area (Å²) < 4.78 is 8.27. The molecule has 0 spiro atoms. The van der Waals surface area contributed by atoms with Gasteiger partial charge < -0.3 is 9.30 Å². The standard InChI is InChI=1S/C23H28ClN3OS/c1-6-27-21(16(2)28-20-13-9-18(10-14-20)23(3,4)5)25-26-22(27)29-15-17-7-11-19(24)12-8-17/h7-14,16H,6,15H2,1-5H3. The zero-order valence-corrected chi connectivity index (χ0v) is 19.2. The molecule has 0 fully saturated rings. The molecule has 0 aliphatic rings. The maximum atomic E-state index is 6.15. The number of benzene rings is 2. The number of hydrogen-bond donors (Lipinski definition) is 0. The third kappa shape index (κ3) is 5.55. The lowest BCUT2D eigenvalue weighted by molar-refractivity contribution is 0.210. The maximum absolute atomic E-state index is 6.15. The van der Waals surface area contributed by atoms with E-state index in [4.69, 9.17) is 16.3 Å². The van der Waals surface area contributed by atoms with Gasteiger partial charge in [-0.15, -0.1) is 10.2 Å². The van der Waals surface area contributed by atoms with Crippen molar-refractivity contribution in [3.05, 3.63) is 70.5 Å². The number of halogens is 1. The number of ether oxygens (including phenoxy) is 1. The monoisotopic (exact) mass is 429 g/mol. The van der Waals surface area contributed by atoms with Crippen LogP contribution >= 0.6 is 23.4 Å². The summed E-state index contributed by atoms with van der Waals surface area (Å²) in [5.74, 6) is 2.50. The van der Waals surface area contributed by atoms with E-state index in [-0.39, 0.29) is 11.5 Å². The van der Waals surface area contributed by atoms with Crippen molar-refractivity contribution < 1.29 is 4.74 Å². The van der Waals surface area contributed by atoms with Crippen molar-refractivity contribution in [2.24, 2.45) is 0 Å². The Bertz CT molecular complexity index is 930. The molecule has 0 aliphatic carbocycles. The molecule has 29 heavy (non-hydrogen) atoms. The molecule has 6 heteroatoms. The average molecular weight is 430 g/mol. The van der Waals surface area contributed by atoms with Crippen molar-refractivity contribution in [3.63, 3.8) is 0 Å². The summed E-state index contributed by atoms with van der Waals surface area (Å²) in [5, 5.41) is 10.5. The fraction of sp³-hybridized carbons (Fsp3) is 0.391. The molecular formula is C23H28ClN3OS. The van der Waals surface area contributed by atoms with Gasteiger partial charge in [0.25, 0.3) is 0 Å². The lowest BCUT2D eigenvalue weighted by Gasteiger charge is -2.20. The molecule has 154 valence electrons. The Hall–Kier alpha value is -1.98. The summed E-state index contributed by atoms with van der Waals surface area (Å²) in [5.41, 5.74) is 2.62. The van der Waals surface area contributed by atoms with Gasteiger partial charge in [-0.3, -0.25) is 0 Å². The fourth-order valence-electron chi connectivity index (χ4n) is 3.02. The molecule has 0 saturated carbocycles. The van der Waals surface area contributed by atoms with Crippen LogP contribution in [0.3, 0.4) is 0 Å². The number of nitrogens with zero attached hydrogens (tertiary/aromatic N) is 3. The fourth-order valence-corrected chi connectivity index (χ4v) is 4.11. The lowest BCUT2D eigenvalue weighted by atomic mass is 9.87. The number of rotatable bonds is 7. The maximum Gasteiger partial charge on any atom is 0.191 e. The first-order chi connectivity index (χ1) is 13.8. The lowest BCUT2D eigenvalue weighted by Crippen LogP contribution is -2.13. The van der Waals surface area contributed by atoms with E-state index in [0.29, 0.717) is 0 Å². The molecule has 1 heterocycles. The summed E-state index contributed by atoms with van der Waals surface area (Å²) in [6.07, 6.45) is -0.187. The van der Waals surface area contributed by atoms with Crippen molar-refractivity contribution in [1.29, 1.82) is 0 Å². The second-order valence-electron chi connectivity index (χ2n) is 8.03. The Labute approximate surface area is 182 Å². The van der Waals surface area contributed by atoms with E-state index >= 15 is 0 Å². The summed E-state index contributed by atoms with van der Waals surface area (Å²) in [7, 11) is 0. The Morgan fingerprint density at radius 3 is 2.28 bits per heavy atom. The predicted molar refractivity (Wildman–Crippen MR) is 121 cm³/mol. The smallest absolute Gasteiger partial charge is 0.191 e. The minimum atomic E-state index is -0.187. The van der Waals surface area contributed by atoms with Crippen molar-refractivity contribution in [1.82, 2.24) is 14.8 Å². The van der Waals surface area contributed by atoms with Gasteiger partial charge in [0.05, 0.1) is 0 Å². The van der Waals surface area contributed by atoms with Crippen molar-refractivity contribution in [2.75, 3.05) is 0 Å². The molecule has 0 aliphatic heterocycles. The van der Waals surface area contributed by atoms with E-state index in [0.717, 1.165) is 34.1 Å². The first kappa shape index (κ1) is 21.7. The second-order valence-corrected chi connectivity index (χ2v) is 9.41. The Morgan fingerprint density at radius 1 is 1.03 bits per heavy atom. The largest absolute Gasteiger partial charge is 0.483 e. The second kappa shape index (κ2) is 9.23. The van der Waals surface area contributed by atoms with E-state index in [1.807, 2.05) is 43.3 Å². The van der Waals surface area contributed by atoms with Crippen LogP contribution in [-0.2, 0) is 17.7 Å². The number of thioether (sulfide) groups is 1. The van der Waals surface area contributed by atoms with E-state index in [1.165, 1.54) is 11.1 Å². The van der Waals surface area contributed by atoms with Crippen LogP contribution in [0.2, 0.25) is 5.02 Å². The highest BCUT2D eigenvalue weighted by Gasteiger charge is 2.19. The van der Waals surface area contributed by atoms with E-state index < -0.39 is 0 Å². The van der Waals surface area contributed by atoms with Crippen molar-refractivity contribution in [3.8, 4) is 5.75 Å². The molecule has 0 bridgehead atoms. The molecule has 3 rings (SSSR count). The van der Waals surface area contributed by atoms with Crippen LogP contribution in [0.4, 0.5) is 0 Å². The van der Waals surface area contributed by atoms with Crippen molar-refractivity contribution in [2.45, 2.75) is 63.6 Å². The van der Waals surface area contributed by atoms with Gasteiger partial charge in [0.1, 0.15) is 5.75 Å². The van der Waals surface area contributed by atoms with Crippen LogP contribution in [0.1, 0.15) is 57.7 Å². The van der Waals surface area contributed by atoms with Gasteiger partial charge in [0.2, 0.25) is 0 Å². The molecule has 4 nitrogen and oxygen atoms in total. The summed E-state index contributed by atoms with van der Waals surface area (Å²) >= 11 is 7.64. The van der Waals surface area contributed by atoms with Gasteiger partial charge >= 0.3 is 0 Å². The van der Waals surface area contributed by atoms with Crippen LogP contribution in [0.25, 0.3) is 0 Å². The first-order valence-corrected chi connectivity index (χ1v) is 11.2.